The van der Waals surface area contributed by atoms with Crippen LogP contribution in [-0.4, -0.2) is 67.2 Å². The molecule has 0 saturated carbocycles. The highest BCUT2D eigenvalue weighted by molar-refractivity contribution is 5.87. The molecule has 0 unspecified atom stereocenters. The summed E-state index contributed by atoms with van der Waals surface area (Å²) in [5, 5.41) is 2.90. The van der Waals surface area contributed by atoms with E-state index >= 15 is 0 Å². The first-order chi connectivity index (χ1) is 9.99. The van der Waals surface area contributed by atoms with Crippen LogP contribution in [0.25, 0.3) is 0 Å². The first kappa shape index (κ1) is 17.8. The Morgan fingerprint density at radius 2 is 1.76 bits per heavy atom. The Labute approximate surface area is 127 Å². The van der Waals surface area contributed by atoms with Crippen LogP contribution in [-0.2, 0) is 9.53 Å². The zero-order chi connectivity index (χ0) is 15.8. The molecule has 6 heteroatoms. The van der Waals surface area contributed by atoms with Gasteiger partial charge in [-0.05, 0) is 26.2 Å². The maximum absolute atomic E-state index is 12.6. The average molecular weight is 299 g/mol. The Morgan fingerprint density at radius 1 is 1.19 bits per heavy atom. The van der Waals surface area contributed by atoms with Crippen molar-refractivity contribution in [2.75, 3.05) is 39.4 Å². The smallest absolute Gasteiger partial charge is 0.318 e. The number of hydrogen-bond acceptors (Lipinski definition) is 3. The van der Waals surface area contributed by atoms with Crippen molar-refractivity contribution in [1.82, 2.24) is 15.1 Å². The molecule has 1 saturated heterocycles. The van der Waals surface area contributed by atoms with E-state index in [-0.39, 0.29) is 11.9 Å². The van der Waals surface area contributed by atoms with Crippen LogP contribution in [0.4, 0.5) is 4.79 Å². The Balaban J connectivity index is 2.69. The summed E-state index contributed by atoms with van der Waals surface area (Å²) in [6, 6.07) is -0.608. The summed E-state index contributed by atoms with van der Waals surface area (Å²) in [6.07, 6.45) is 0.656. The number of rotatable bonds is 6. The average Bonchev–Trinajstić information content (AvgIpc) is 2.47. The van der Waals surface area contributed by atoms with Gasteiger partial charge in [0, 0.05) is 26.2 Å². The quantitative estimate of drug-likeness (QED) is 0.804. The molecule has 0 radical (unpaired) electrons. The molecule has 6 nitrogen and oxygen atoms in total. The highest BCUT2D eigenvalue weighted by atomic mass is 16.5. The number of ether oxygens (including phenoxy) is 1. The van der Waals surface area contributed by atoms with Gasteiger partial charge in [0.25, 0.3) is 0 Å². The predicted octanol–water partition coefficient (Wildman–Crippen LogP) is 1.31. The third-order valence-corrected chi connectivity index (χ3v) is 3.68. The molecule has 21 heavy (non-hydrogen) atoms. The second-order valence-electron chi connectivity index (χ2n) is 5.74. The molecule has 0 aliphatic carbocycles. The lowest BCUT2D eigenvalue weighted by atomic mass is 10.0. The van der Waals surface area contributed by atoms with Crippen LogP contribution in [0.2, 0.25) is 0 Å². The van der Waals surface area contributed by atoms with Crippen molar-refractivity contribution in [2.24, 2.45) is 5.92 Å². The van der Waals surface area contributed by atoms with Gasteiger partial charge in [0.2, 0.25) is 5.91 Å². The number of urea groups is 1. The van der Waals surface area contributed by atoms with Crippen molar-refractivity contribution >= 4 is 11.9 Å². The minimum absolute atomic E-state index is 0.00695. The van der Waals surface area contributed by atoms with E-state index in [1.807, 2.05) is 13.8 Å². The molecular formula is C15H29N3O3. The van der Waals surface area contributed by atoms with E-state index in [4.69, 9.17) is 4.74 Å². The monoisotopic (exact) mass is 299 g/mol. The lowest BCUT2D eigenvalue weighted by molar-refractivity contribution is -0.137. The Hall–Kier alpha value is -1.30. The minimum Gasteiger partial charge on any atom is -0.378 e. The fourth-order valence-electron chi connectivity index (χ4n) is 2.45. The molecule has 1 aliphatic heterocycles. The van der Waals surface area contributed by atoms with E-state index in [1.54, 1.807) is 9.80 Å². The Morgan fingerprint density at radius 3 is 2.24 bits per heavy atom. The van der Waals surface area contributed by atoms with Gasteiger partial charge >= 0.3 is 6.03 Å². The number of nitrogens with one attached hydrogen (secondary N) is 1. The number of carbonyl (C=O) groups is 2. The van der Waals surface area contributed by atoms with E-state index in [2.05, 4.69) is 19.2 Å². The third-order valence-electron chi connectivity index (χ3n) is 3.68. The highest BCUT2D eigenvalue weighted by Gasteiger charge is 2.28. The maximum atomic E-state index is 12.6. The highest BCUT2D eigenvalue weighted by Crippen LogP contribution is 2.10. The van der Waals surface area contributed by atoms with Gasteiger partial charge in [-0.25, -0.2) is 4.79 Å². The topological polar surface area (TPSA) is 61.9 Å². The van der Waals surface area contributed by atoms with Gasteiger partial charge in [-0.15, -0.1) is 0 Å². The normalized spacial score (nSPS) is 16.7. The minimum atomic E-state index is -0.448. The number of carbonyl (C=O) groups excluding carboxylic acids is 2. The maximum Gasteiger partial charge on any atom is 0.318 e. The van der Waals surface area contributed by atoms with Gasteiger partial charge in [0.1, 0.15) is 6.04 Å². The summed E-state index contributed by atoms with van der Waals surface area (Å²) in [7, 11) is 0. The molecule has 0 bridgehead atoms. The van der Waals surface area contributed by atoms with Crippen LogP contribution < -0.4 is 5.32 Å². The number of amides is 3. The number of hydrogen-bond donors (Lipinski definition) is 1. The van der Waals surface area contributed by atoms with E-state index in [0.29, 0.717) is 51.7 Å². The molecule has 0 spiro atoms. The molecule has 1 fully saturated rings. The van der Waals surface area contributed by atoms with Gasteiger partial charge in [-0.3, -0.25) is 4.79 Å². The van der Waals surface area contributed by atoms with Crippen molar-refractivity contribution in [3.63, 3.8) is 0 Å². The summed E-state index contributed by atoms with van der Waals surface area (Å²) in [5.74, 6) is 0.351. The molecule has 0 aromatic carbocycles. The zero-order valence-corrected chi connectivity index (χ0v) is 13.7. The summed E-state index contributed by atoms with van der Waals surface area (Å²) < 4.78 is 5.28. The second kappa shape index (κ2) is 8.87. The van der Waals surface area contributed by atoms with Crippen molar-refractivity contribution in [1.29, 1.82) is 0 Å². The molecule has 1 N–H and O–H groups in total. The van der Waals surface area contributed by atoms with Crippen LogP contribution in [0.1, 0.15) is 34.1 Å². The number of nitrogens with zero attached hydrogens (tertiary/aromatic N) is 2. The van der Waals surface area contributed by atoms with Crippen LogP contribution in [0.5, 0.6) is 0 Å². The lowest BCUT2D eigenvalue weighted by Gasteiger charge is -2.32. The van der Waals surface area contributed by atoms with Crippen LogP contribution in [0.15, 0.2) is 0 Å². The number of morpholine rings is 1. The van der Waals surface area contributed by atoms with E-state index in [9.17, 15) is 9.59 Å². The summed E-state index contributed by atoms with van der Waals surface area (Å²) in [4.78, 5) is 28.3. The fourth-order valence-corrected chi connectivity index (χ4v) is 2.45. The van der Waals surface area contributed by atoms with Gasteiger partial charge in [0.05, 0.1) is 13.2 Å². The summed E-state index contributed by atoms with van der Waals surface area (Å²) in [5.41, 5.74) is 0. The molecule has 1 heterocycles. The van der Waals surface area contributed by atoms with Gasteiger partial charge in [0.15, 0.2) is 0 Å². The van der Waals surface area contributed by atoms with Gasteiger partial charge in [-0.1, -0.05) is 13.8 Å². The van der Waals surface area contributed by atoms with Crippen molar-refractivity contribution in [2.45, 2.75) is 40.2 Å². The van der Waals surface area contributed by atoms with Crippen molar-refractivity contribution in [3.05, 3.63) is 0 Å². The molecular weight excluding hydrogens is 270 g/mol. The summed E-state index contributed by atoms with van der Waals surface area (Å²) in [6.45, 7) is 11.6. The second-order valence-corrected chi connectivity index (χ2v) is 5.74. The first-order valence-corrected chi connectivity index (χ1v) is 7.91. The van der Waals surface area contributed by atoms with Crippen LogP contribution in [0, 0.1) is 5.92 Å². The predicted molar refractivity (Wildman–Crippen MR) is 82.1 cm³/mol. The van der Waals surface area contributed by atoms with Gasteiger partial charge < -0.3 is 19.9 Å². The van der Waals surface area contributed by atoms with Crippen LogP contribution >= 0.6 is 0 Å². The fraction of sp³-hybridized carbons (Fsp3) is 0.867. The van der Waals surface area contributed by atoms with Crippen molar-refractivity contribution < 1.29 is 14.3 Å². The Kier molecular flexibility index (Phi) is 7.50. The molecule has 1 atom stereocenters. The standard InChI is InChI=1S/C15H29N3O3/c1-5-17(6-2)15(20)16-13(11-12(3)4)14(19)18-7-9-21-10-8-18/h12-13H,5-11H2,1-4H3,(H,16,20)/t13-/m0/s1. The molecule has 122 valence electrons. The largest absolute Gasteiger partial charge is 0.378 e. The molecule has 0 aromatic heterocycles. The molecule has 0 aromatic rings. The first-order valence-electron chi connectivity index (χ1n) is 7.91. The van der Waals surface area contributed by atoms with Crippen molar-refractivity contribution in [3.8, 4) is 0 Å². The molecule has 1 aliphatic rings. The van der Waals surface area contributed by atoms with Crippen LogP contribution in [0.3, 0.4) is 0 Å². The zero-order valence-electron chi connectivity index (χ0n) is 13.7. The van der Waals surface area contributed by atoms with Gasteiger partial charge in [-0.2, -0.15) is 0 Å². The summed E-state index contributed by atoms with van der Waals surface area (Å²) >= 11 is 0. The molecule has 3 amide bonds. The lowest BCUT2D eigenvalue weighted by Crippen LogP contribution is -2.54. The third kappa shape index (κ3) is 5.53. The molecule has 1 rings (SSSR count). The Bertz CT molecular complexity index is 337. The van der Waals surface area contributed by atoms with E-state index in [1.165, 1.54) is 0 Å². The van der Waals surface area contributed by atoms with E-state index in [0.717, 1.165) is 0 Å². The van der Waals surface area contributed by atoms with E-state index < -0.39 is 6.04 Å². The SMILES string of the molecule is CCN(CC)C(=O)N[C@@H](CC(C)C)C(=O)N1CCOCC1.